The number of hydrogen-bond donors (Lipinski definition) is 2. The van der Waals surface area contributed by atoms with Gasteiger partial charge in [0.1, 0.15) is 0 Å². The van der Waals surface area contributed by atoms with Crippen molar-refractivity contribution in [2.45, 2.75) is 59.2 Å². The second kappa shape index (κ2) is 8.63. The van der Waals surface area contributed by atoms with E-state index in [0.29, 0.717) is 18.8 Å². The number of rotatable bonds is 9. The molecule has 0 radical (unpaired) electrons. The molecule has 0 atom stereocenters. The van der Waals surface area contributed by atoms with E-state index >= 15 is 0 Å². The van der Waals surface area contributed by atoms with E-state index in [1.807, 2.05) is 29.4 Å². The monoisotopic (exact) mass is 333 g/mol. The molecule has 0 saturated carbocycles. The Hall–Kier alpha value is -2.15. The first-order valence-electron chi connectivity index (χ1n) is 8.51. The van der Waals surface area contributed by atoms with Gasteiger partial charge >= 0.3 is 0 Å². The van der Waals surface area contributed by atoms with Crippen LogP contribution in [0.1, 0.15) is 49.7 Å². The molecule has 0 aliphatic heterocycles. The Kier molecular flexibility index (Phi) is 6.54. The van der Waals surface area contributed by atoms with Crippen LogP contribution in [0.15, 0.2) is 17.1 Å². The molecule has 0 aliphatic rings. The van der Waals surface area contributed by atoms with E-state index in [1.54, 1.807) is 0 Å². The molecule has 2 N–H and O–H groups in total. The van der Waals surface area contributed by atoms with Gasteiger partial charge in [0.05, 0.1) is 11.4 Å². The van der Waals surface area contributed by atoms with Crippen molar-refractivity contribution >= 4 is 0 Å². The maximum Gasteiger partial charge on any atom is 0.223 e. The van der Waals surface area contributed by atoms with E-state index in [9.17, 15) is 9.90 Å². The summed E-state index contributed by atoms with van der Waals surface area (Å²) in [6.45, 7) is 5.86. The average molecular weight is 333 g/mol. The number of unbranched alkanes of at least 4 members (excludes halogenated alkanes) is 3. The van der Waals surface area contributed by atoms with Gasteiger partial charge in [-0.05, 0) is 13.3 Å². The first-order valence-corrected chi connectivity index (χ1v) is 8.51. The van der Waals surface area contributed by atoms with Gasteiger partial charge in [-0.2, -0.15) is 0 Å². The van der Waals surface area contributed by atoms with Gasteiger partial charge in [-0.1, -0.05) is 31.4 Å². The topological polar surface area (TPSA) is 85.0 Å². The number of aryl methyl sites for hydroxylation is 2. The van der Waals surface area contributed by atoms with E-state index in [-0.39, 0.29) is 11.2 Å². The summed E-state index contributed by atoms with van der Waals surface area (Å²) in [5.74, 6) is -0.199. The molecule has 2 rings (SSSR count). The average Bonchev–Trinajstić information content (AvgIpc) is 3.01. The first-order chi connectivity index (χ1) is 11.5. The minimum atomic E-state index is -0.347. The Morgan fingerprint density at radius 2 is 2.04 bits per heavy atom. The lowest BCUT2D eigenvalue weighted by atomic mass is 10.2. The number of aromatic nitrogens is 4. The van der Waals surface area contributed by atoms with Gasteiger partial charge < -0.3 is 15.0 Å². The molecular formula is C17H27N5O2. The van der Waals surface area contributed by atoms with Crippen LogP contribution >= 0.6 is 0 Å². The fraction of sp³-hybridized carbons (Fsp3) is 0.588. The molecule has 7 nitrogen and oxygen atoms in total. The van der Waals surface area contributed by atoms with Gasteiger partial charge in [0.15, 0.2) is 5.75 Å². The van der Waals surface area contributed by atoms with E-state index in [1.165, 1.54) is 25.3 Å². The Balaban J connectivity index is 1.87. The van der Waals surface area contributed by atoms with E-state index in [4.69, 9.17) is 0 Å². The summed E-state index contributed by atoms with van der Waals surface area (Å²) in [7, 11) is 1.83. The zero-order chi connectivity index (χ0) is 17.5. The summed E-state index contributed by atoms with van der Waals surface area (Å²) in [4.78, 5) is 11.7. The number of aromatic hydroxyl groups is 1. The van der Waals surface area contributed by atoms with Gasteiger partial charge in [-0.3, -0.25) is 9.48 Å². The van der Waals surface area contributed by atoms with E-state index in [2.05, 4.69) is 22.6 Å². The smallest absolute Gasteiger partial charge is 0.223 e. The molecule has 2 heterocycles. The molecule has 0 spiro atoms. The highest BCUT2D eigenvalue weighted by atomic mass is 16.3. The molecule has 24 heavy (non-hydrogen) atoms. The lowest BCUT2D eigenvalue weighted by molar-refractivity contribution is 0.445. The lowest BCUT2D eigenvalue weighted by Crippen LogP contribution is -2.20. The quantitative estimate of drug-likeness (QED) is 0.684. The third kappa shape index (κ3) is 4.67. The maximum absolute atomic E-state index is 11.7. The largest absolute Gasteiger partial charge is 0.503 e. The SMILES string of the molecule is CCCCCCn1cc(CNCc2c(O)c(=O)cc(C)n2C)nn1. The Bertz CT molecular complexity index is 720. The normalized spacial score (nSPS) is 11.1. The summed E-state index contributed by atoms with van der Waals surface area (Å²) in [5, 5.41) is 21.4. The van der Waals surface area contributed by atoms with Crippen LogP contribution in [0.4, 0.5) is 0 Å². The first kappa shape index (κ1) is 18.2. The molecular weight excluding hydrogens is 306 g/mol. The molecule has 0 aliphatic carbocycles. The second-order valence-corrected chi connectivity index (χ2v) is 6.14. The Labute approximate surface area is 142 Å². The minimum absolute atomic E-state index is 0.199. The van der Waals surface area contributed by atoms with Crippen molar-refractivity contribution in [3.8, 4) is 5.75 Å². The molecule has 2 aromatic heterocycles. The van der Waals surface area contributed by atoms with Crippen LogP contribution in [0.3, 0.4) is 0 Å². The Morgan fingerprint density at radius 1 is 1.25 bits per heavy atom. The van der Waals surface area contributed by atoms with Crippen LogP contribution in [0.2, 0.25) is 0 Å². The summed E-state index contributed by atoms with van der Waals surface area (Å²) < 4.78 is 3.68. The van der Waals surface area contributed by atoms with Gasteiger partial charge in [0.25, 0.3) is 0 Å². The molecule has 7 heteroatoms. The predicted octanol–water partition coefficient (Wildman–Crippen LogP) is 1.86. The lowest BCUT2D eigenvalue weighted by Gasteiger charge is -2.13. The van der Waals surface area contributed by atoms with Crippen molar-refractivity contribution in [2.24, 2.45) is 7.05 Å². The summed E-state index contributed by atoms with van der Waals surface area (Å²) in [5.41, 5.74) is 1.89. The molecule has 0 unspecified atom stereocenters. The van der Waals surface area contributed by atoms with Crippen LogP contribution in [0.25, 0.3) is 0 Å². The van der Waals surface area contributed by atoms with Crippen molar-refractivity contribution in [3.63, 3.8) is 0 Å². The van der Waals surface area contributed by atoms with Crippen LogP contribution in [-0.4, -0.2) is 24.7 Å². The fourth-order valence-electron chi connectivity index (χ4n) is 2.61. The highest BCUT2D eigenvalue weighted by Crippen LogP contribution is 2.12. The van der Waals surface area contributed by atoms with Gasteiger partial charge in [-0.25, -0.2) is 0 Å². The molecule has 0 amide bonds. The van der Waals surface area contributed by atoms with Crippen LogP contribution < -0.4 is 10.7 Å². The van der Waals surface area contributed by atoms with Crippen molar-refractivity contribution < 1.29 is 5.11 Å². The maximum atomic E-state index is 11.7. The molecule has 0 aromatic carbocycles. The third-order valence-corrected chi connectivity index (χ3v) is 4.21. The zero-order valence-electron chi connectivity index (χ0n) is 14.7. The van der Waals surface area contributed by atoms with Crippen molar-refractivity contribution in [1.29, 1.82) is 0 Å². The van der Waals surface area contributed by atoms with Crippen molar-refractivity contribution in [2.75, 3.05) is 0 Å². The van der Waals surface area contributed by atoms with Crippen molar-refractivity contribution in [3.05, 3.63) is 39.6 Å². The number of pyridine rings is 1. The molecule has 0 fully saturated rings. The van der Waals surface area contributed by atoms with Gasteiger partial charge in [0.2, 0.25) is 5.43 Å². The number of nitrogens with zero attached hydrogens (tertiary/aromatic N) is 4. The van der Waals surface area contributed by atoms with Crippen LogP contribution in [0, 0.1) is 6.92 Å². The highest BCUT2D eigenvalue weighted by molar-refractivity contribution is 5.29. The van der Waals surface area contributed by atoms with Gasteiger partial charge in [-0.15, -0.1) is 5.10 Å². The Morgan fingerprint density at radius 3 is 2.79 bits per heavy atom. The van der Waals surface area contributed by atoms with Crippen LogP contribution in [-0.2, 0) is 26.7 Å². The van der Waals surface area contributed by atoms with E-state index in [0.717, 1.165) is 24.4 Å². The predicted molar refractivity (Wildman–Crippen MR) is 92.8 cm³/mol. The fourth-order valence-corrected chi connectivity index (χ4v) is 2.61. The third-order valence-electron chi connectivity index (χ3n) is 4.21. The number of hydrogen-bond acceptors (Lipinski definition) is 5. The summed E-state index contributed by atoms with van der Waals surface area (Å²) in [6, 6.07) is 1.43. The van der Waals surface area contributed by atoms with Crippen LogP contribution in [0.5, 0.6) is 5.75 Å². The summed E-state index contributed by atoms with van der Waals surface area (Å²) >= 11 is 0. The second-order valence-electron chi connectivity index (χ2n) is 6.14. The van der Waals surface area contributed by atoms with Crippen molar-refractivity contribution in [1.82, 2.24) is 24.9 Å². The standard InChI is InChI=1S/C17H27N5O2/c1-4-5-6-7-8-22-12-14(19-20-22)10-18-11-15-17(24)16(23)9-13(2)21(15)3/h9,12,18,24H,4-8,10-11H2,1-3H3. The molecule has 2 aromatic rings. The molecule has 132 valence electrons. The number of nitrogens with one attached hydrogen (secondary N) is 1. The van der Waals surface area contributed by atoms with E-state index < -0.39 is 0 Å². The minimum Gasteiger partial charge on any atom is -0.503 e. The highest BCUT2D eigenvalue weighted by Gasteiger charge is 2.10. The summed E-state index contributed by atoms with van der Waals surface area (Å²) in [6.07, 6.45) is 6.74. The van der Waals surface area contributed by atoms with Gasteiger partial charge in [0, 0.05) is 44.6 Å². The molecule has 0 bridgehead atoms. The molecule has 0 saturated heterocycles. The zero-order valence-corrected chi connectivity index (χ0v) is 14.7.